The molecule has 1 aliphatic carbocycles. The molecule has 0 N–H and O–H groups in total. The normalized spacial score (nSPS) is 21.0. The van der Waals surface area contributed by atoms with E-state index in [0.29, 0.717) is 36.3 Å². The maximum absolute atomic E-state index is 12.7. The topological polar surface area (TPSA) is 35.5 Å². The summed E-state index contributed by atoms with van der Waals surface area (Å²) in [7, 11) is 1.29. The van der Waals surface area contributed by atoms with Gasteiger partial charge in [-0.15, -0.1) is 0 Å². The molecule has 3 nitrogen and oxygen atoms in total. The van der Waals surface area contributed by atoms with Gasteiger partial charge in [0.25, 0.3) is 0 Å². The number of hydrogen-bond donors (Lipinski definition) is 0. The maximum Gasteiger partial charge on any atom is 0.416 e. The van der Waals surface area contributed by atoms with E-state index in [1.54, 1.807) is 6.08 Å². The van der Waals surface area contributed by atoms with Gasteiger partial charge in [0.15, 0.2) is 0 Å². The Labute approximate surface area is 131 Å². The number of carbonyl (C=O) groups excluding carboxylic acids is 1. The number of allylic oxidation sites excluding steroid dienone is 1. The zero-order chi connectivity index (χ0) is 16.6. The van der Waals surface area contributed by atoms with Gasteiger partial charge in [-0.25, -0.2) is 4.79 Å². The number of benzene rings is 1. The van der Waals surface area contributed by atoms with Crippen molar-refractivity contribution in [3.8, 4) is 0 Å². The van der Waals surface area contributed by atoms with Crippen LogP contribution in [0.15, 0.2) is 41.5 Å². The van der Waals surface area contributed by atoms with Gasteiger partial charge in [0.1, 0.15) is 0 Å². The summed E-state index contributed by atoms with van der Waals surface area (Å²) in [5, 5.41) is 0. The van der Waals surface area contributed by atoms with Crippen molar-refractivity contribution >= 4 is 11.5 Å². The highest BCUT2D eigenvalue weighted by Crippen LogP contribution is 2.39. The SMILES string of the molecule is COC(=O)C1=C(c2ccc(C(F)(F)F)cc2)CC2COCC2=C1. The van der Waals surface area contributed by atoms with Crippen LogP contribution < -0.4 is 0 Å². The Morgan fingerprint density at radius 3 is 2.57 bits per heavy atom. The van der Waals surface area contributed by atoms with Gasteiger partial charge in [0.05, 0.1) is 31.5 Å². The van der Waals surface area contributed by atoms with Gasteiger partial charge in [-0.1, -0.05) is 12.1 Å². The molecule has 0 aromatic heterocycles. The third-order valence-electron chi connectivity index (χ3n) is 4.18. The average molecular weight is 324 g/mol. The summed E-state index contributed by atoms with van der Waals surface area (Å²) in [5.74, 6) is -0.321. The monoisotopic (exact) mass is 324 g/mol. The van der Waals surface area contributed by atoms with E-state index >= 15 is 0 Å². The molecule has 1 aliphatic heterocycles. The minimum atomic E-state index is -4.38. The summed E-state index contributed by atoms with van der Waals surface area (Å²) in [5.41, 5.74) is 2.01. The summed E-state index contributed by atoms with van der Waals surface area (Å²) < 4.78 is 48.3. The number of esters is 1. The van der Waals surface area contributed by atoms with Crippen LogP contribution in [-0.2, 0) is 20.4 Å². The lowest BCUT2D eigenvalue weighted by atomic mass is 9.82. The van der Waals surface area contributed by atoms with Gasteiger partial charge in [0.2, 0.25) is 0 Å². The van der Waals surface area contributed by atoms with Crippen molar-refractivity contribution < 1.29 is 27.4 Å². The maximum atomic E-state index is 12.7. The number of fused-ring (bicyclic) bond motifs is 1. The van der Waals surface area contributed by atoms with Gasteiger partial charge in [0, 0.05) is 5.92 Å². The van der Waals surface area contributed by atoms with Gasteiger partial charge in [-0.3, -0.25) is 0 Å². The zero-order valence-electron chi connectivity index (χ0n) is 12.4. The molecule has 2 aliphatic rings. The van der Waals surface area contributed by atoms with E-state index in [1.807, 2.05) is 0 Å². The lowest BCUT2D eigenvalue weighted by molar-refractivity contribution is -0.137. The molecule has 122 valence electrons. The lowest BCUT2D eigenvalue weighted by Gasteiger charge is -2.22. The molecule has 0 bridgehead atoms. The van der Waals surface area contributed by atoms with Crippen LogP contribution in [0, 0.1) is 5.92 Å². The van der Waals surface area contributed by atoms with Crippen molar-refractivity contribution in [2.75, 3.05) is 20.3 Å². The number of methoxy groups -OCH3 is 1. The van der Waals surface area contributed by atoms with Gasteiger partial charge >= 0.3 is 12.1 Å². The van der Waals surface area contributed by atoms with Gasteiger partial charge in [-0.05, 0) is 41.3 Å². The molecule has 1 unspecified atom stereocenters. The summed E-state index contributed by atoms with van der Waals surface area (Å²) in [6, 6.07) is 4.86. The van der Waals surface area contributed by atoms with E-state index in [1.165, 1.54) is 19.2 Å². The first-order chi connectivity index (χ1) is 10.9. The third-order valence-corrected chi connectivity index (χ3v) is 4.18. The molecule has 1 saturated heterocycles. The van der Waals surface area contributed by atoms with E-state index in [9.17, 15) is 18.0 Å². The Morgan fingerprint density at radius 1 is 1.26 bits per heavy atom. The predicted molar refractivity (Wildman–Crippen MR) is 77.4 cm³/mol. The van der Waals surface area contributed by atoms with Crippen LogP contribution in [0.1, 0.15) is 17.5 Å². The average Bonchev–Trinajstić information content (AvgIpc) is 2.99. The molecule has 6 heteroatoms. The zero-order valence-corrected chi connectivity index (χ0v) is 12.4. The second kappa shape index (κ2) is 5.85. The molecule has 0 radical (unpaired) electrons. The number of halogens is 3. The van der Waals surface area contributed by atoms with Crippen LogP contribution >= 0.6 is 0 Å². The standard InChI is InChI=1S/C17H15F3O3/c1-22-16(21)15-7-12-9-23-8-11(12)6-14(15)10-2-4-13(5-3-10)17(18,19)20/h2-5,7,11H,6,8-9H2,1H3. The second-order valence-corrected chi connectivity index (χ2v) is 5.59. The van der Waals surface area contributed by atoms with Crippen LogP contribution in [0.25, 0.3) is 5.57 Å². The molecule has 23 heavy (non-hydrogen) atoms. The Hall–Kier alpha value is -2.08. The minimum absolute atomic E-state index is 0.167. The lowest BCUT2D eigenvalue weighted by Crippen LogP contribution is -2.15. The number of rotatable bonds is 2. The fourth-order valence-corrected chi connectivity index (χ4v) is 2.95. The number of alkyl halides is 3. The molecule has 0 spiro atoms. The molecule has 0 amide bonds. The number of ether oxygens (including phenoxy) is 2. The molecular formula is C17H15F3O3. The van der Waals surface area contributed by atoms with E-state index in [2.05, 4.69) is 0 Å². The van der Waals surface area contributed by atoms with Crippen LogP contribution in [0.2, 0.25) is 0 Å². The van der Waals surface area contributed by atoms with E-state index in [4.69, 9.17) is 9.47 Å². The Kier molecular flexibility index (Phi) is 4.02. The largest absolute Gasteiger partial charge is 0.465 e. The fourth-order valence-electron chi connectivity index (χ4n) is 2.95. The van der Waals surface area contributed by atoms with Crippen LogP contribution in [0.5, 0.6) is 0 Å². The molecule has 0 saturated carbocycles. The van der Waals surface area contributed by atoms with Crippen molar-refractivity contribution in [3.63, 3.8) is 0 Å². The fraction of sp³-hybridized carbons (Fsp3) is 0.353. The summed E-state index contributed by atoms with van der Waals surface area (Å²) in [6.07, 6.45) is -2.07. The molecule has 1 atom stereocenters. The first kappa shape index (κ1) is 15.8. The Morgan fingerprint density at radius 2 is 1.96 bits per heavy atom. The van der Waals surface area contributed by atoms with Gasteiger partial charge < -0.3 is 9.47 Å². The number of hydrogen-bond acceptors (Lipinski definition) is 3. The van der Waals surface area contributed by atoms with Crippen LogP contribution in [-0.4, -0.2) is 26.3 Å². The highest BCUT2D eigenvalue weighted by atomic mass is 19.4. The first-order valence-electron chi connectivity index (χ1n) is 7.17. The smallest absolute Gasteiger partial charge is 0.416 e. The van der Waals surface area contributed by atoms with Crippen LogP contribution in [0.4, 0.5) is 13.2 Å². The Balaban J connectivity index is 2.02. The van der Waals surface area contributed by atoms with E-state index in [-0.39, 0.29) is 5.92 Å². The first-order valence-corrected chi connectivity index (χ1v) is 7.17. The highest BCUT2D eigenvalue weighted by molar-refractivity contribution is 6.01. The van der Waals surface area contributed by atoms with Crippen molar-refractivity contribution in [1.82, 2.24) is 0 Å². The molecule has 1 heterocycles. The Bertz CT molecular complexity index is 684. The summed E-state index contributed by atoms with van der Waals surface area (Å²) in [4.78, 5) is 12.0. The molecule has 1 aromatic rings. The molecular weight excluding hydrogens is 309 g/mol. The predicted octanol–water partition coefficient (Wildman–Crippen LogP) is 3.61. The molecule has 3 rings (SSSR count). The van der Waals surface area contributed by atoms with Crippen molar-refractivity contribution in [1.29, 1.82) is 0 Å². The molecule has 1 fully saturated rings. The second-order valence-electron chi connectivity index (χ2n) is 5.59. The highest BCUT2D eigenvalue weighted by Gasteiger charge is 2.32. The minimum Gasteiger partial charge on any atom is -0.465 e. The summed E-state index contributed by atoms with van der Waals surface area (Å²) >= 11 is 0. The number of carbonyl (C=O) groups is 1. The third kappa shape index (κ3) is 3.03. The van der Waals surface area contributed by atoms with Crippen LogP contribution in [0.3, 0.4) is 0 Å². The summed E-state index contributed by atoms with van der Waals surface area (Å²) in [6.45, 7) is 1.04. The van der Waals surface area contributed by atoms with E-state index < -0.39 is 17.7 Å². The van der Waals surface area contributed by atoms with Gasteiger partial charge in [-0.2, -0.15) is 13.2 Å². The molecule has 1 aromatic carbocycles. The van der Waals surface area contributed by atoms with Crippen molar-refractivity contribution in [3.05, 3.63) is 52.6 Å². The van der Waals surface area contributed by atoms with Crippen molar-refractivity contribution in [2.45, 2.75) is 12.6 Å². The quantitative estimate of drug-likeness (QED) is 0.780. The van der Waals surface area contributed by atoms with Crippen molar-refractivity contribution in [2.24, 2.45) is 5.92 Å². The van der Waals surface area contributed by atoms with E-state index in [0.717, 1.165) is 17.7 Å².